The summed E-state index contributed by atoms with van der Waals surface area (Å²) in [6.07, 6.45) is 2.44. The topological polar surface area (TPSA) is 12.0 Å². The summed E-state index contributed by atoms with van der Waals surface area (Å²) in [4.78, 5) is 0. The van der Waals surface area contributed by atoms with Crippen molar-refractivity contribution in [2.75, 3.05) is 6.54 Å². The zero-order chi connectivity index (χ0) is 13.5. The number of nitrogens with one attached hydrogen (secondary N) is 1. The number of likely N-dealkylation sites (N-methyl/N-ethyl adjacent to an activating group) is 1. The molecule has 0 amide bonds. The van der Waals surface area contributed by atoms with E-state index in [0.717, 1.165) is 19.4 Å². The molecule has 0 radical (unpaired) electrons. The molecule has 18 heavy (non-hydrogen) atoms. The van der Waals surface area contributed by atoms with Gasteiger partial charge in [-0.15, -0.1) is 0 Å². The predicted octanol–water partition coefficient (Wildman–Crippen LogP) is 3.92. The number of halogens is 2. The fourth-order valence-electron chi connectivity index (χ4n) is 2.15. The Hall–Kier alpha value is -0.960. The largest absolute Gasteiger partial charge is 0.314 e. The van der Waals surface area contributed by atoms with Crippen LogP contribution < -0.4 is 5.32 Å². The summed E-state index contributed by atoms with van der Waals surface area (Å²) in [6.45, 7) is 7.14. The molecule has 0 aliphatic rings. The van der Waals surface area contributed by atoms with Crippen LogP contribution >= 0.6 is 0 Å². The molecule has 3 heteroatoms. The minimum absolute atomic E-state index is 0.136. The van der Waals surface area contributed by atoms with Gasteiger partial charge in [0, 0.05) is 11.6 Å². The van der Waals surface area contributed by atoms with E-state index in [0.29, 0.717) is 12.3 Å². The zero-order valence-electron chi connectivity index (χ0n) is 11.5. The fourth-order valence-corrected chi connectivity index (χ4v) is 2.15. The molecule has 0 aromatic heterocycles. The maximum absolute atomic E-state index is 13.6. The molecule has 0 spiro atoms. The molecular weight excluding hydrogens is 232 g/mol. The molecule has 1 rings (SSSR count). The Morgan fingerprint density at radius 3 is 2.28 bits per heavy atom. The predicted molar refractivity (Wildman–Crippen MR) is 71.6 cm³/mol. The van der Waals surface area contributed by atoms with Gasteiger partial charge in [0.25, 0.3) is 0 Å². The fraction of sp³-hybridized carbons (Fsp3) is 0.600. The molecule has 1 aromatic carbocycles. The smallest absolute Gasteiger partial charge is 0.129 e. The molecule has 2 atom stereocenters. The maximum Gasteiger partial charge on any atom is 0.129 e. The molecule has 0 bridgehead atoms. The van der Waals surface area contributed by atoms with Gasteiger partial charge < -0.3 is 5.32 Å². The van der Waals surface area contributed by atoms with Gasteiger partial charge in [0.2, 0.25) is 0 Å². The van der Waals surface area contributed by atoms with E-state index in [-0.39, 0.29) is 11.6 Å². The van der Waals surface area contributed by atoms with Crippen molar-refractivity contribution in [2.24, 2.45) is 5.92 Å². The van der Waals surface area contributed by atoms with Gasteiger partial charge in [-0.3, -0.25) is 0 Å². The second kappa shape index (κ2) is 7.47. The van der Waals surface area contributed by atoms with Gasteiger partial charge in [0.15, 0.2) is 0 Å². The molecule has 1 aromatic rings. The van der Waals surface area contributed by atoms with Gasteiger partial charge in [0.05, 0.1) is 0 Å². The van der Waals surface area contributed by atoms with Gasteiger partial charge in [-0.1, -0.05) is 33.3 Å². The molecule has 0 aliphatic heterocycles. The van der Waals surface area contributed by atoms with Crippen LogP contribution in [0.5, 0.6) is 0 Å². The van der Waals surface area contributed by atoms with Crippen molar-refractivity contribution < 1.29 is 8.78 Å². The van der Waals surface area contributed by atoms with Crippen LogP contribution in [0.25, 0.3) is 0 Å². The summed E-state index contributed by atoms with van der Waals surface area (Å²) in [5.74, 6) is -0.326. The first-order valence-electron chi connectivity index (χ1n) is 6.74. The monoisotopic (exact) mass is 255 g/mol. The molecular formula is C15H23F2N. The lowest BCUT2D eigenvalue weighted by Crippen LogP contribution is -2.33. The molecule has 102 valence electrons. The van der Waals surface area contributed by atoms with E-state index >= 15 is 0 Å². The highest BCUT2D eigenvalue weighted by Crippen LogP contribution is 2.18. The van der Waals surface area contributed by atoms with E-state index in [4.69, 9.17) is 0 Å². The Bertz CT molecular complexity index is 345. The van der Waals surface area contributed by atoms with Gasteiger partial charge in [-0.25, -0.2) is 8.78 Å². The van der Waals surface area contributed by atoms with Gasteiger partial charge in [-0.05, 0) is 37.4 Å². The van der Waals surface area contributed by atoms with Crippen LogP contribution in [0, 0.1) is 17.6 Å². The molecule has 1 N–H and O–H groups in total. The Morgan fingerprint density at radius 2 is 1.78 bits per heavy atom. The average Bonchev–Trinajstić information content (AvgIpc) is 2.34. The number of hydrogen-bond donors (Lipinski definition) is 1. The molecule has 0 saturated heterocycles. The zero-order valence-corrected chi connectivity index (χ0v) is 11.5. The van der Waals surface area contributed by atoms with Crippen LogP contribution in [0.2, 0.25) is 0 Å². The first-order chi connectivity index (χ1) is 8.58. The van der Waals surface area contributed by atoms with Crippen LogP contribution in [-0.2, 0) is 6.42 Å². The molecule has 0 fully saturated rings. The van der Waals surface area contributed by atoms with Crippen molar-refractivity contribution >= 4 is 0 Å². The van der Waals surface area contributed by atoms with Crippen LogP contribution in [0.3, 0.4) is 0 Å². The van der Waals surface area contributed by atoms with Crippen LogP contribution in [0.1, 0.15) is 39.2 Å². The first kappa shape index (κ1) is 15.1. The summed E-state index contributed by atoms with van der Waals surface area (Å²) in [6, 6.07) is 4.19. The van der Waals surface area contributed by atoms with Crippen LogP contribution in [0.15, 0.2) is 18.2 Å². The summed E-state index contributed by atoms with van der Waals surface area (Å²) in [5.41, 5.74) is 0.201. The standard InChI is InChI=1S/C15H23F2N/c1-4-11(3)9-12(18-5-2)10-13-14(16)7-6-8-15(13)17/h6-8,11-12,18H,4-5,9-10H2,1-3H3. The van der Waals surface area contributed by atoms with Crippen molar-refractivity contribution in [3.05, 3.63) is 35.4 Å². The Kier molecular flexibility index (Phi) is 6.27. The molecule has 0 heterocycles. The Balaban J connectivity index is 2.76. The second-order valence-corrected chi connectivity index (χ2v) is 4.91. The van der Waals surface area contributed by atoms with Gasteiger partial charge >= 0.3 is 0 Å². The van der Waals surface area contributed by atoms with Crippen molar-refractivity contribution in [1.29, 1.82) is 0 Å². The highest BCUT2D eigenvalue weighted by atomic mass is 19.1. The van der Waals surface area contributed by atoms with Crippen LogP contribution in [0.4, 0.5) is 8.78 Å². The molecule has 0 aliphatic carbocycles. The summed E-state index contributed by atoms with van der Waals surface area (Å²) in [7, 11) is 0. The lowest BCUT2D eigenvalue weighted by Gasteiger charge is -2.21. The van der Waals surface area contributed by atoms with E-state index in [1.54, 1.807) is 0 Å². The van der Waals surface area contributed by atoms with Gasteiger partial charge in [-0.2, -0.15) is 0 Å². The average molecular weight is 255 g/mol. The Morgan fingerprint density at radius 1 is 1.17 bits per heavy atom. The minimum atomic E-state index is -0.443. The summed E-state index contributed by atoms with van der Waals surface area (Å²) >= 11 is 0. The van der Waals surface area contributed by atoms with E-state index < -0.39 is 11.6 Å². The van der Waals surface area contributed by atoms with Crippen molar-refractivity contribution in [3.8, 4) is 0 Å². The second-order valence-electron chi connectivity index (χ2n) is 4.91. The summed E-state index contributed by atoms with van der Waals surface area (Å²) < 4.78 is 27.2. The normalized spacial score (nSPS) is 14.5. The molecule has 1 nitrogen and oxygen atoms in total. The Labute approximate surface area is 109 Å². The van der Waals surface area contributed by atoms with Crippen LogP contribution in [-0.4, -0.2) is 12.6 Å². The maximum atomic E-state index is 13.6. The number of benzene rings is 1. The first-order valence-corrected chi connectivity index (χ1v) is 6.74. The minimum Gasteiger partial charge on any atom is -0.314 e. The third-order valence-corrected chi connectivity index (χ3v) is 3.39. The van der Waals surface area contributed by atoms with Crippen molar-refractivity contribution in [2.45, 2.75) is 46.1 Å². The lowest BCUT2D eigenvalue weighted by molar-refractivity contribution is 0.388. The van der Waals surface area contributed by atoms with Gasteiger partial charge in [0.1, 0.15) is 11.6 Å². The molecule has 0 saturated carbocycles. The quantitative estimate of drug-likeness (QED) is 0.778. The van der Waals surface area contributed by atoms with E-state index in [9.17, 15) is 8.78 Å². The van der Waals surface area contributed by atoms with E-state index in [1.165, 1.54) is 18.2 Å². The number of rotatable bonds is 7. The third-order valence-electron chi connectivity index (χ3n) is 3.39. The summed E-state index contributed by atoms with van der Waals surface area (Å²) in [5, 5.41) is 3.32. The molecule has 2 unspecified atom stereocenters. The van der Waals surface area contributed by atoms with Crippen molar-refractivity contribution in [1.82, 2.24) is 5.32 Å². The third kappa shape index (κ3) is 4.37. The highest BCUT2D eigenvalue weighted by Gasteiger charge is 2.16. The lowest BCUT2D eigenvalue weighted by atomic mass is 9.94. The SMILES string of the molecule is CCNC(Cc1c(F)cccc1F)CC(C)CC. The number of hydrogen-bond acceptors (Lipinski definition) is 1. The highest BCUT2D eigenvalue weighted by molar-refractivity contribution is 5.20. The van der Waals surface area contributed by atoms with Crippen molar-refractivity contribution in [3.63, 3.8) is 0 Å². The van der Waals surface area contributed by atoms with E-state index in [1.807, 2.05) is 6.92 Å². The van der Waals surface area contributed by atoms with E-state index in [2.05, 4.69) is 19.2 Å².